The Balaban J connectivity index is 2.03. The highest BCUT2D eigenvalue weighted by molar-refractivity contribution is 5.31. The van der Waals surface area contributed by atoms with Crippen molar-refractivity contribution in [2.24, 2.45) is 5.92 Å². The molecule has 1 aromatic rings. The first-order chi connectivity index (χ1) is 8.04. The van der Waals surface area contributed by atoms with Crippen LogP contribution in [-0.4, -0.2) is 12.6 Å². The van der Waals surface area contributed by atoms with E-state index >= 15 is 0 Å². The maximum Gasteiger partial charge on any atom is 0.169 e. The lowest BCUT2D eigenvalue weighted by Gasteiger charge is -2.26. The number of halogens is 1. The lowest BCUT2D eigenvalue weighted by molar-refractivity contribution is 0.333. The molecule has 1 aliphatic carbocycles. The van der Waals surface area contributed by atoms with Crippen LogP contribution < -0.4 is 10.1 Å². The second kappa shape index (κ2) is 4.65. The zero-order valence-corrected chi connectivity index (χ0v) is 10.7. The van der Waals surface area contributed by atoms with Crippen molar-refractivity contribution in [2.75, 3.05) is 7.11 Å². The van der Waals surface area contributed by atoms with E-state index < -0.39 is 0 Å². The summed E-state index contributed by atoms with van der Waals surface area (Å²) in [6.07, 6.45) is 2.56. The average molecular weight is 237 g/mol. The summed E-state index contributed by atoms with van der Waals surface area (Å²) in [6.45, 7) is 4.91. The SMILES string of the molecule is COc1cccc(CNC(C)(C)C2CC2)c1F. The highest BCUT2D eigenvalue weighted by atomic mass is 19.1. The summed E-state index contributed by atoms with van der Waals surface area (Å²) < 4.78 is 18.9. The molecule has 1 aliphatic rings. The van der Waals surface area contributed by atoms with Crippen LogP contribution in [0.25, 0.3) is 0 Å². The van der Waals surface area contributed by atoms with Crippen molar-refractivity contribution < 1.29 is 9.13 Å². The summed E-state index contributed by atoms with van der Waals surface area (Å²) in [5.74, 6) is 0.791. The molecule has 0 radical (unpaired) electrons. The molecule has 1 fully saturated rings. The molecular weight excluding hydrogens is 217 g/mol. The number of ether oxygens (including phenoxy) is 1. The van der Waals surface area contributed by atoms with Gasteiger partial charge in [0.15, 0.2) is 11.6 Å². The number of benzene rings is 1. The fourth-order valence-corrected chi connectivity index (χ4v) is 2.12. The van der Waals surface area contributed by atoms with E-state index in [1.807, 2.05) is 6.07 Å². The van der Waals surface area contributed by atoms with Crippen LogP contribution in [-0.2, 0) is 6.54 Å². The van der Waals surface area contributed by atoms with Gasteiger partial charge in [-0.3, -0.25) is 0 Å². The van der Waals surface area contributed by atoms with Gasteiger partial charge >= 0.3 is 0 Å². The molecule has 2 rings (SSSR count). The smallest absolute Gasteiger partial charge is 0.169 e. The fourth-order valence-electron chi connectivity index (χ4n) is 2.12. The molecule has 0 heterocycles. The van der Waals surface area contributed by atoms with Gasteiger partial charge in [-0.1, -0.05) is 12.1 Å². The van der Waals surface area contributed by atoms with Crippen LogP contribution in [0.3, 0.4) is 0 Å². The Bertz CT molecular complexity index is 399. The normalized spacial score (nSPS) is 16.0. The van der Waals surface area contributed by atoms with Crippen molar-refractivity contribution in [3.8, 4) is 5.75 Å². The van der Waals surface area contributed by atoms with Crippen LogP contribution in [0.4, 0.5) is 4.39 Å². The molecular formula is C14H20FNO. The lowest BCUT2D eigenvalue weighted by Crippen LogP contribution is -2.40. The Morgan fingerprint density at radius 3 is 2.71 bits per heavy atom. The van der Waals surface area contributed by atoms with E-state index in [4.69, 9.17) is 4.74 Å². The van der Waals surface area contributed by atoms with E-state index in [2.05, 4.69) is 19.2 Å². The Kier molecular flexibility index (Phi) is 3.38. The predicted octanol–water partition coefficient (Wildman–Crippen LogP) is 3.11. The van der Waals surface area contributed by atoms with Gasteiger partial charge < -0.3 is 10.1 Å². The van der Waals surface area contributed by atoms with Crippen LogP contribution in [0, 0.1) is 11.7 Å². The Labute approximate surface area is 102 Å². The summed E-state index contributed by atoms with van der Waals surface area (Å²) in [4.78, 5) is 0. The second-order valence-corrected chi connectivity index (χ2v) is 5.28. The first kappa shape index (κ1) is 12.4. The molecule has 0 atom stereocenters. The zero-order valence-electron chi connectivity index (χ0n) is 10.7. The highest BCUT2D eigenvalue weighted by Crippen LogP contribution is 2.39. The number of rotatable bonds is 5. The van der Waals surface area contributed by atoms with Gasteiger partial charge in [0.2, 0.25) is 0 Å². The van der Waals surface area contributed by atoms with E-state index in [0.29, 0.717) is 17.9 Å². The molecule has 0 unspecified atom stereocenters. The molecule has 0 saturated heterocycles. The minimum Gasteiger partial charge on any atom is -0.494 e. The highest BCUT2D eigenvalue weighted by Gasteiger charge is 2.37. The molecule has 2 nitrogen and oxygen atoms in total. The van der Waals surface area contributed by atoms with E-state index in [1.165, 1.54) is 20.0 Å². The van der Waals surface area contributed by atoms with Gasteiger partial charge in [0.1, 0.15) is 0 Å². The largest absolute Gasteiger partial charge is 0.494 e. The molecule has 1 aromatic carbocycles. The fraction of sp³-hybridized carbons (Fsp3) is 0.571. The molecule has 0 aliphatic heterocycles. The Hall–Kier alpha value is -1.09. The molecule has 0 bridgehead atoms. The molecule has 0 amide bonds. The van der Waals surface area contributed by atoms with Gasteiger partial charge in [0, 0.05) is 17.6 Å². The minimum absolute atomic E-state index is 0.0928. The molecule has 0 aromatic heterocycles. The molecule has 3 heteroatoms. The molecule has 17 heavy (non-hydrogen) atoms. The first-order valence-electron chi connectivity index (χ1n) is 6.11. The monoisotopic (exact) mass is 237 g/mol. The maximum absolute atomic E-state index is 13.9. The van der Waals surface area contributed by atoms with Crippen LogP contribution >= 0.6 is 0 Å². The zero-order chi connectivity index (χ0) is 12.5. The van der Waals surface area contributed by atoms with E-state index in [-0.39, 0.29) is 11.4 Å². The Morgan fingerprint density at radius 2 is 2.12 bits per heavy atom. The number of hydrogen-bond acceptors (Lipinski definition) is 2. The van der Waals surface area contributed by atoms with E-state index in [0.717, 1.165) is 5.92 Å². The van der Waals surface area contributed by atoms with Crippen LogP contribution in [0.15, 0.2) is 18.2 Å². The van der Waals surface area contributed by atoms with Crippen LogP contribution in [0.2, 0.25) is 0 Å². The third-order valence-corrected chi connectivity index (χ3v) is 3.60. The summed E-state index contributed by atoms with van der Waals surface area (Å²) >= 11 is 0. The summed E-state index contributed by atoms with van der Waals surface area (Å²) in [7, 11) is 1.49. The van der Waals surface area contributed by atoms with Gasteiger partial charge in [0.05, 0.1) is 7.11 Å². The van der Waals surface area contributed by atoms with Gasteiger partial charge in [0.25, 0.3) is 0 Å². The third kappa shape index (κ3) is 2.78. The number of methoxy groups -OCH3 is 1. The van der Waals surface area contributed by atoms with E-state index in [9.17, 15) is 4.39 Å². The molecule has 1 saturated carbocycles. The van der Waals surface area contributed by atoms with Gasteiger partial charge in [-0.2, -0.15) is 0 Å². The van der Waals surface area contributed by atoms with Crippen molar-refractivity contribution in [1.29, 1.82) is 0 Å². The van der Waals surface area contributed by atoms with Crippen molar-refractivity contribution >= 4 is 0 Å². The van der Waals surface area contributed by atoms with Crippen LogP contribution in [0.1, 0.15) is 32.3 Å². The molecule has 94 valence electrons. The lowest BCUT2D eigenvalue weighted by atomic mass is 9.98. The summed E-state index contributed by atoms with van der Waals surface area (Å²) in [5.41, 5.74) is 0.758. The molecule has 1 N–H and O–H groups in total. The van der Waals surface area contributed by atoms with Crippen molar-refractivity contribution in [3.05, 3.63) is 29.6 Å². The van der Waals surface area contributed by atoms with Crippen molar-refractivity contribution in [1.82, 2.24) is 5.32 Å². The standard InChI is InChI=1S/C14H20FNO/c1-14(2,11-7-8-11)16-9-10-5-4-6-12(17-3)13(10)15/h4-6,11,16H,7-9H2,1-3H3. The van der Waals surface area contributed by atoms with Crippen LogP contribution in [0.5, 0.6) is 5.75 Å². The molecule has 0 spiro atoms. The van der Waals surface area contributed by atoms with Gasteiger partial charge in [-0.15, -0.1) is 0 Å². The quantitative estimate of drug-likeness (QED) is 0.849. The van der Waals surface area contributed by atoms with E-state index in [1.54, 1.807) is 12.1 Å². The maximum atomic E-state index is 13.9. The summed E-state index contributed by atoms with van der Waals surface area (Å²) in [6, 6.07) is 5.27. The Morgan fingerprint density at radius 1 is 1.41 bits per heavy atom. The van der Waals surface area contributed by atoms with Crippen molar-refractivity contribution in [2.45, 2.75) is 38.8 Å². The predicted molar refractivity (Wildman–Crippen MR) is 66.6 cm³/mol. The first-order valence-corrected chi connectivity index (χ1v) is 6.11. The third-order valence-electron chi connectivity index (χ3n) is 3.60. The minimum atomic E-state index is -0.255. The van der Waals surface area contributed by atoms with Gasteiger partial charge in [-0.05, 0) is 38.7 Å². The number of hydrogen-bond donors (Lipinski definition) is 1. The van der Waals surface area contributed by atoms with Crippen molar-refractivity contribution in [3.63, 3.8) is 0 Å². The number of nitrogens with one attached hydrogen (secondary N) is 1. The van der Waals surface area contributed by atoms with Gasteiger partial charge in [-0.25, -0.2) is 4.39 Å². The second-order valence-electron chi connectivity index (χ2n) is 5.28. The summed E-state index contributed by atoms with van der Waals surface area (Å²) in [5, 5.41) is 3.43. The average Bonchev–Trinajstić information content (AvgIpc) is 3.12. The topological polar surface area (TPSA) is 21.3 Å².